The fraction of sp³-hybridized carbons (Fsp3) is 0.125. The molecule has 0 aliphatic heterocycles. The molecule has 1 rings (SSSR count). The zero-order valence-electron chi connectivity index (χ0n) is 6.10. The standard InChI is InChI=1S/C8H8BrNO/c1-10-7-4-2-3-6(9)5-8(7)11/h2-5H,1H3,(H,10,11). The van der Waals surface area contributed by atoms with E-state index in [1.807, 2.05) is 12.1 Å². The van der Waals surface area contributed by atoms with Crippen molar-refractivity contribution in [1.82, 2.24) is 0 Å². The lowest BCUT2D eigenvalue weighted by atomic mass is 10.4. The van der Waals surface area contributed by atoms with Crippen LogP contribution in [-0.2, 0) is 0 Å². The molecule has 3 heteroatoms. The van der Waals surface area contributed by atoms with E-state index in [2.05, 4.69) is 21.2 Å². The van der Waals surface area contributed by atoms with E-state index in [-0.39, 0.29) is 5.43 Å². The molecule has 0 spiro atoms. The average Bonchev–Trinajstić information content (AvgIpc) is 2.11. The molecule has 0 unspecified atom stereocenters. The van der Waals surface area contributed by atoms with Gasteiger partial charge in [0, 0.05) is 17.6 Å². The average molecular weight is 214 g/mol. The highest BCUT2D eigenvalue weighted by molar-refractivity contribution is 9.10. The molecule has 0 bridgehead atoms. The first kappa shape index (κ1) is 8.27. The van der Waals surface area contributed by atoms with E-state index >= 15 is 0 Å². The molecule has 1 aromatic carbocycles. The van der Waals surface area contributed by atoms with Crippen LogP contribution >= 0.6 is 15.9 Å². The SMILES string of the molecule is CNc1cccc(Br)cc1=O. The van der Waals surface area contributed by atoms with E-state index in [0.29, 0.717) is 5.69 Å². The second-order valence-corrected chi connectivity index (χ2v) is 3.00. The molecule has 0 atom stereocenters. The third-order valence-electron chi connectivity index (χ3n) is 1.32. The predicted octanol–water partition coefficient (Wildman–Crippen LogP) is 1.85. The Labute approximate surface area is 73.4 Å². The van der Waals surface area contributed by atoms with Crippen LogP contribution in [0.4, 0.5) is 5.69 Å². The minimum atomic E-state index is -0.00984. The summed E-state index contributed by atoms with van der Waals surface area (Å²) >= 11 is 3.23. The molecular formula is C8H8BrNO. The Morgan fingerprint density at radius 1 is 1.45 bits per heavy atom. The van der Waals surface area contributed by atoms with Crippen molar-refractivity contribution in [3.05, 3.63) is 39.0 Å². The van der Waals surface area contributed by atoms with Crippen molar-refractivity contribution in [1.29, 1.82) is 0 Å². The normalized spacial score (nSPS) is 9.27. The second-order valence-electron chi connectivity index (χ2n) is 2.08. The predicted molar refractivity (Wildman–Crippen MR) is 50.0 cm³/mol. The van der Waals surface area contributed by atoms with Crippen molar-refractivity contribution in [3.63, 3.8) is 0 Å². The summed E-state index contributed by atoms with van der Waals surface area (Å²) in [5.41, 5.74) is 0.597. The van der Waals surface area contributed by atoms with Crippen molar-refractivity contribution in [3.8, 4) is 0 Å². The maximum atomic E-state index is 11.2. The first-order valence-corrected chi connectivity index (χ1v) is 4.01. The smallest absolute Gasteiger partial charge is 0.202 e. The molecule has 0 saturated heterocycles. The number of hydrogen-bond acceptors (Lipinski definition) is 2. The lowest BCUT2D eigenvalue weighted by Gasteiger charge is -1.89. The van der Waals surface area contributed by atoms with Gasteiger partial charge in [0.2, 0.25) is 5.43 Å². The van der Waals surface area contributed by atoms with Crippen molar-refractivity contribution >= 4 is 21.6 Å². The van der Waals surface area contributed by atoms with E-state index in [1.165, 1.54) is 6.07 Å². The lowest BCUT2D eigenvalue weighted by Crippen LogP contribution is -2.02. The van der Waals surface area contributed by atoms with Gasteiger partial charge in [-0.1, -0.05) is 22.0 Å². The van der Waals surface area contributed by atoms with Crippen molar-refractivity contribution in [2.24, 2.45) is 0 Å². The van der Waals surface area contributed by atoms with Crippen LogP contribution in [0.1, 0.15) is 0 Å². The molecule has 0 radical (unpaired) electrons. The number of anilines is 1. The summed E-state index contributed by atoms with van der Waals surface area (Å²) in [7, 11) is 1.73. The molecule has 0 heterocycles. The van der Waals surface area contributed by atoms with Gasteiger partial charge in [-0.05, 0) is 12.1 Å². The molecule has 0 aromatic heterocycles. The zero-order valence-corrected chi connectivity index (χ0v) is 7.68. The molecule has 0 amide bonds. The Balaban J connectivity index is 3.35. The summed E-state index contributed by atoms with van der Waals surface area (Å²) in [4.78, 5) is 11.2. The van der Waals surface area contributed by atoms with Gasteiger partial charge in [-0.2, -0.15) is 0 Å². The Kier molecular flexibility index (Phi) is 2.65. The second kappa shape index (κ2) is 3.53. The van der Waals surface area contributed by atoms with Gasteiger partial charge >= 0.3 is 0 Å². The van der Waals surface area contributed by atoms with Gasteiger partial charge < -0.3 is 5.32 Å². The fourth-order valence-corrected chi connectivity index (χ4v) is 1.14. The summed E-state index contributed by atoms with van der Waals surface area (Å²) in [5, 5.41) is 2.81. The van der Waals surface area contributed by atoms with Crippen molar-refractivity contribution in [2.45, 2.75) is 0 Å². The lowest BCUT2D eigenvalue weighted by molar-refractivity contribution is 1.49. The summed E-state index contributed by atoms with van der Waals surface area (Å²) < 4.78 is 0.795. The third kappa shape index (κ3) is 2.05. The molecule has 0 aliphatic carbocycles. The minimum Gasteiger partial charge on any atom is -0.385 e. The van der Waals surface area contributed by atoms with E-state index in [0.717, 1.165) is 4.47 Å². The molecule has 58 valence electrons. The Morgan fingerprint density at radius 2 is 2.18 bits per heavy atom. The fourth-order valence-electron chi connectivity index (χ4n) is 0.776. The largest absolute Gasteiger partial charge is 0.385 e. The van der Waals surface area contributed by atoms with E-state index < -0.39 is 0 Å². The van der Waals surface area contributed by atoms with Gasteiger partial charge in [-0.15, -0.1) is 0 Å². The molecule has 0 saturated carbocycles. The van der Waals surface area contributed by atoms with Crippen LogP contribution in [0.3, 0.4) is 0 Å². The van der Waals surface area contributed by atoms with Crippen LogP contribution in [0.25, 0.3) is 0 Å². The van der Waals surface area contributed by atoms with Crippen LogP contribution in [0.15, 0.2) is 33.5 Å². The maximum Gasteiger partial charge on any atom is 0.202 e. The zero-order chi connectivity index (χ0) is 8.27. The molecule has 1 aromatic rings. The minimum absolute atomic E-state index is 0.00984. The quantitative estimate of drug-likeness (QED) is 0.772. The van der Waals surface area contributed by atoms with Gasteiger partial charge in [0.15, 0.2) is 0 Å². The van der Waals surface area contributed by atoms with Gasteiger partial charge in [0.1, 0.15) is 0 Å². The van der Waals surface area contributed by atoms with Gasteiger partial charge in [0.05, 0.1) is 5.69 Å². The van der Waals surface area contributed by atoms with E-state index in [9.17, 15) is 4.79 Å². The van der Waals surface area contributed by atoms with Crippen LogP contribution in [0.2, 0.25) is 0 Å². The summed E-state index contributed by atoms with van der Waals surface area (Å²) in [5.74, 6) is 0. The van der Waals surface area contributed by atoms with Gasteiger partial charge in [0.25, 0.3) is 0 Å². The highest BCUT2D eigenvalue weighted by atomic mass is 79.9. The van der Waals surface area contributed by atoms with E-state index in [1.54, 1.807) is 13.1 Å². The van der Waals surface area contributed by atoms with Crippen molar-refractivity contribution < 1.29 is 0 Å². The third-order valence-corrected chi connectivity index (χ3v) is 1.82. The maximum absolute atomic E-state index is 11.2. The molecule has 2 nitrogen and oxygen atoms in total. The Bertz CT molecular complexity index is 311. The number of nitrogens with one attached hydrogen (secondary N) is 1. The summed E-state index contributed by atoms with van der Waals surface area (Å²) in [6.45, 7) is 0. The topological polar surface area (TPSA) is 29.1 Å². The number of hydrogen-bond donors (Lipinski definition) is 1. The van der Waals surface area contributed by atoms with Gasteiger partial charge in [-0.25, -0.2) is 0 Å². The van der Waals surface area contributed by atoms with Gasteiger partial charge in [-0.3, -0.25) is 4.79 Å². The number of halogens is 1. The van der Waals surface area contributed by atoms with Crippen LogP contribution in [0.5, 0.6) is 0 Å². The first-order chi connectivity index (χ1) is 5.24. The van der Waals surface area contributed by atoms with E-state index in [4.69, 9.17) is 0 Å². The summed E-state index contributed by atoms with van der Waals surface area (Å²) in [6.07, 6.45) is 0. The monoisotopic (exact) mass is 213 g/mol. The molecule has 0 fully saturated rings. The Hall–Kier alpha value is -0.830. The number of rotatable bonds is 1. The van der Waals surface area contributed by atoms with Crippen molar-refractivity contribution in [2.75, 3.05) is 12.4 Å². The molecule has 11 heavy (non-hydrogen) atoms. The Morgan fingerprint density at radius 3 is 2.82 bits per heavy atom. The van der Waals surface area contributed by atoms with Crippen LogP contribution < -0.4 is 10.7 Å². The first-order valence-electron chi connectivity index (χ1n) is 3.21. The van der Waals surface area contributed by atoms with Crippen LogP contribution in [0, 0.1) is 0 Å². The molecule has 1 N–H and O–H groups in total. The highest BCUT2D eigenvalue weighted by Gasteiger charge is 1.92. The van der Waals surface area contributed by atoms with Crippen LogP contribution in [-0.4, -0.2) is 7.05 Å². The summed E-state index contributed by atoms with van der Waals surface area (Å²) in [6, 6.07) is 6.92. The highest BCUT2D eigenvalue weighted by Crippen LogP contribution is 2.05. The molecular weight excluding hydrogens is 206 g/mol. The molecule has 0 aliphatic rings.